The number of aromatic nitrogens is 2. The fourth-order valence-corrected chi connectivity index (χ4v) is 2.00. The number of rotatable bonds is 6. The summed E-state index contributed by atoms with van der Waals surface area (Å²) >= 11 is 5.30. The molecule has 1 aromatic heterocycles. The van der Waals surface area contributed by atoms with Crippen LogP contribution in [0.1, 0.15) is 18.9 Å². The zero-order valence-corrected chi connectivity index (χ0v) is 12.3. The van der Waals surface area contributed by atoms with Gasteiger partial charge in [-0.25, -0.2) is 5.10 Å². The average molecular weight is 307 g/mol. The van der Waals surface area contributed by atoms with Gasteiger partial charge in [-0.1, -0.05) is 0 Å². The largest absolute Gasteiger partial charge is 0.494 e. The van der Waals surface area contributed by atoms with Gasteiger partial charge in [0.25, 0.3) is 5.56 Å². The van der Waals surface area contributed by atoms with Crippen LogP contribution in [-0.4, -0.2) is 22.0 Å². The third-order valence-corrected chi connectivity index (χ3v) is 3.12. The minimum Gasteiger partial charge on any atom is -0.494 e. The van der Waals surface area contributed by atoms with Gasteiger partial charge in [-0.3, -0.25) is 9.59 Å². The lowest BCUT2D eigenvalue weighted by Gasteiger charge is -2.05. The lowest BCUT2D eigenvalue weighted by atomic mass is 10.1. The van der Waals surface area contributed by atoms with Crippen LogP contribution in [0.4, 0.5) is 0 Å². The van der Waals surface area contributed by atoms with Crippen LogP contribution in [0.3, 0.4) is 0 Å². The molecule has 0 atom stereocenters. The summed E-state index contributed by atoms with van der Waals surface area (Å²) in [6.07, 6.45) is 0.418. The highest BCUT2D eigenvalue weighted by atomic mass is 35.5. The molecule has 0 bridgehead atoms. The fourth-order valence-electron chi connectivity index (χ4n) is 1.90. The van der Waals surface area contributed by atoms with E-state index in [1.54, 1.807) is 6.07 Å². The molecule has 0 saturated heterocycles. The lowest BCUT2D eigenvalue weighted by molar-refractivity contribution is -0.111. The topological polar surface area (TPSA) is 72.1 Å². The molecule has 1 heterocycles. The van der Waals surface area contributed by atoms with Crippen molar-refractivity contribution in [2.75, 3.05) is 6.61 Å². The molecule has 5 nitrogen and oxygen atoms in total. The van der Waals surface area contributed by atoms with Gasteiger partial charge in [0.05, 0.1) is 12.3 Å². The number of nitrogens with zero attached hydrogens (tertiary/aromatic N) is 1. The van der Waals surface area contributed by atoms with Crippen molar-refractivity contribution in [1.29, 1.82) is 0 Å². The molecule has 21 heavy (non-hydrogen) atoms. The first kappa shape index (κ1) is 15.3. The zero-order chi connectivity index (χ0) is 15.2. The van der Waals surface area contributed by atoms with Crippen molar-refractivity contribution in [3.8, 4) is 17.0 Å². The van der Waals surface area contributed by atoms with Crippen molar-refractivity contribution in [3.05, 3.63) is 46.2 Å². The van der Waals surface area contributed by atoms with Gasteiger partial charge in [0, 0.05) is 17.5 Å². The van der Waals surface area contributed by atoms with Crippen molar-refractivity contribution in [1.82, 2.24) is 10.2 Å². The van der Waals surface area contributed by atoms with Gasteiger partial charge in [0.1, 0.15) is 5.75 Å². The van der Waals surface area contributed by atoms with E-state index in [-0.39, 0.29) is 12.0 Å². The smallest absolute Gasteiger partial charge is 0.267 e. The van der Waals surface area contributed by atoms with Crippen molar-refractivity contribution in [2.24, 2.45) is 0 Å². The zero-order valence-electron chi connectivity index (χ0n) is 11.6. The predicted molar refractivity (Wildman–Crippen MR) is 80.6 cm³/mol. The molecule has 1 aromatic carbocycles. The molecular formula is C15H15ClN2O3. The van der Waals surface area contributed by atoms with Crippen molar-refractivity contribution in [3.63, 3.8) is 0 Å². The molecule has 0 aliphatic heterocycles. The molecule has 0 aliphatic carbocycles. The summed E-state index contributed by atoms with van der Waals surface area (Å²) < 4.78 is 5.37. The highest BCUT2D eigenvalue weighted by Crippen LogP contribution is 2.20. The van der Waals surface area contributed by atoms with E-state index in [4.69, 9.17) is 16.3 Å². The Morgan fingerprint density at radius 3 is 2.67 bits per heavy atom. The number of benzene rings is 1. The highest BCUT2D eigenvalue weighted by molar-refractivity contribution is 6.63. The van der Waals surface area contributed by atoms with Crippen LogP contribution >= 0.6 is 11.6 Å². The van der Waals surface area contributed by atoms with Crippen molar-refractivity contribution >= 4 is 16.8 Å². The Morgan fingerprint density at radius 1 is 1.33 bits per heavy atom. The number of nitrogens with one attached hydrogen (secondary N) is 1. The van der Waals surface area contributed by atoms with E-state index in [0.717, 1.165) is 11.3 Å². The SMILES string of the molecule is CCOc1ccc(-c2cc(CCC(=O)Cl)c(=O)[nH]n2)cc1. The van der Waals surface area contributed by atoms with Crippen LogP contribution in [0, 0.1) is 0 Å². The number of hydrogen-bond acceptors (Lipinski definition) is 4. The first-order valence-corrected chi connectivity index (χ1v) is 6.98. The van der Waals surface area contributed by atoms with Crippen LogP contribution in [-0.2, 0) is 11.2 Å². The Kier molecular flexibility index (Phi) is 5.11. The number of aromatic amines is 1. The van der Waals surface area contributed by atoms with E-state index in [0.29, 0.717) is 24.3 Å². The first-order chi connectivity index (χ1) is 10.1. The molecule has 0 fully saturated rings. The van der Waals surface area contributed by atoms with E-state index >= 15 is 0 Å². The van der Waals surface area contributed by atoms with E-state index in [1.807, 2.05) is 31.2 Å². The summed E-state index contributed by atoms with van der Waals surface area (Å²) in [5.74, 6) is 0.777. The highest BCUT2D eigenvalue weighted by Gasteiger charge is 2.07. The number of ether oxygens (including phenoxy) is 1. The van der Waals surface area contributed by atoms with Gasteiger partial charge in [0.15, 0.2) is 0 Å². The number of halogens is 1. The Labute approximate surface area is 126 Å². The number of carbonyl (C=O) groups is 1. The molecule has 0 radical (unpaired) electrons. The third kappa shape index (κ3) is 4.16. The van der Waals surface area contributed by atoms with Gasteiger partial charge in [0.2, 0.25) is 5.24 Å². The summed E-state index contributed by atoms with van der Waals surface area (Å²) in [5, 5.41) is 5.99. The van der Waals surface area contributed by atoms with Gasteiger partial charge in [-0.2, -0.15) is 5.10 Å². The van der Waals surface area contributed by atoms with E-state index < -0.39 is 5.24 Å². The predicted octanol–water partition coefficient (Wildman–Crippen LogP) is 2.53. The molecule has 0 unspecified atom stereocenters. The molecule has 0 saturated carbocycles. The molecule has 6 heteroatoms. The number of H-pyrrole nitrogens is 1. The maximum absolute atomic E-state index is 11.7. The molecule has 0 amide bonds. The van der Waals surface area contributed by atoms with Crippen LogP contribution < -0.4 is 10.3 Å². The minimum absolute atomic E-state index is 0.122. The summed E-state index contributed by atoms with van der Waals surface area (Å²) in [5.41, 5.74) is 1.67. The standard InChI is InChI=1S/C15H15ClN2O3/c1-2-21-12-6-3-10(4-7-12)13-9-11(5-8-14(16)19)15(20)18-17-13/h3-4,6-7,9H,2,5,8H2,1H3,(H,18,20). The molecule has 2 rings (SSSR count). The van der Waals surface area contributed by atoms with E-state index in [9.17, 15) is 9.59 Å². The first-order valence-electron chi connectivity index (χ1n) is 6.60. The van der Waals surface area contributed by atoms with Crippen LogP contribution in [0.5, 0.6) is 5.75 Å². The maximum Gasteiger partial charge on any atom is 0.267 e. The number of aryl methyl sites for hydroxylation is 1. The summed E-state index contributed by atoms with van der Waals surface area (Å²) in [6.45, 7) is 2.52. The second kappa shape index (κ2) is 7.04. The molecule has 0 spiro atoms. The lowest BCUT2D eigenvalue weighted by Crippen LogP contribution is -2.15. The minimum atomic E-state index is -0.464. The van der Waals surface area contributed by atoms with Crippen molar-refractivity contribution < 1.29 is 9.53 Å². The van der Waals surface area contributed by atoms with E-state index in [2.05, 4.69) is 10.2 Å². The Balaban J connectivity index is 2.25. The Bertz CT molecular complexity index is 680. The van der Waals surface area contributed by atoms with Crippen LogP contribution in [0.25, 0.3) is 11.3 Å². The summed E-state index contributed by atoms with van der Waals surface area (Å²) in [4.78, 5) is 22.5. The van der Waals surface area contributed by atoms with Gasteiger partial charge < -0.3 is 4.74 Å². The average Bonchev–Trinajstić information content (AvgIpc) is 2.47. The maximum atomic E-state index is 11.7. The normalized spacial score (nSPS) is 10.4. The molecule has 0 aliphatic rings. The molecule has 2 aromatic rings. The van der Waals surface area contributed by atoms with Crippen molar-refractivity contribution in [2.45, 2.75) is 19.8 Å². The van der Waals surface area contributed by atoms with E-state index in [1.165, 1.54) is 0 Å². The van der Waals surface area contributed by atoms with Gasteiger partial charge in [-0.05, 0) is 55.3 Å². The Hall–Kier alpha value is -2.14. The molecule has 1 N–H and O–H groups in total. The summed E-state index contributed by atoms with van der Waals surface area (Å²) in [6, 6.07) is 9.08. The van der Waals surface area contributed by atoms with Crippen LogP contribution in [0.15, 0.2) is 35.1 Å². The number of hydrogen-bond donors (Lipinski definition) is 1. The quantitative estimate of drug-likeness (QED) is 0.832. The second-order valence-corrected chi connectivity index (χ2v) is 4.84. The summed E-state index contributed by atoms with van der Waals surface area (Å²) in [7, 11) is 0. The molecular weight excluding hydrogens is 292 g/mol. The monoisotopic (exact) mass is 306 g/mol. The van der Waals surface area contributed by atoms with Gasteiger partial charge >= 0.3 is 0 Å². The van der Waals surface area contributed by atoms with Crippen LogP contribution in [0.2, 0.25) is 0 Å². The number of carbonyl (C=O) groups excluding carboxylic acids is 1. The Morgan fingerprint density at radius 2 is 2.05 bits per heavy atom. The fraction of sp³-hybridized carbons (Fsp3) is 0.267. The molecule has 110 valence electrons. The third-order valence-electron chi connectivity index (χ3n) is 2.93. The second-order valence-electron chi connectivity index (χ2n) is 4.42. The van der Waals surface area contributed by atoms with Gasteiger partial charge in [-0.15, -0.1) is 0 Å².